The molecule has 2 heterocycles. The molecule has 6 nitrogen and oxygen atoms in total. The van der Waals surface area contributed by atoms with Gasteiger partial charge in [0.1, 0.15) is 11.4 Å². The quantitative estimate of drug-likeness (QED) is 0.885. The maximum Gasteiger partial charge on any atom is 0.263 e. The first kappa shape index (κ1) is 18.0. The largest absolute Gasteiger partial charge is 0.342 e. The van der Waals surface area contributed by atoms with Crippen LogP contribution in [0.25, 0.3) is 0 Å². The van der Waals surface area contributed by atoms with Crippen molar-refractivity contribution in [2.75, 3.05) is 0 Å². The average molecular weight is 330 g/mol. The van der Waals surface area contributed by atoms with Gasteiger partial charge in [-0.15, -0.1) is 0 Å². The van der Waals surface area contributed by atoms with Gasteiger partial charge in [0.15, 0.2) is 0 Å². The fraction of sp³-hybridized carbons (Fsp3) is 0.500. The van der Waals surface area contributed by atoms with E-state index in [1.54, 1.807) is 17.7 Å². The smallest absolute Gasteiger partial charge is 0.263 e. The Bertz CT molecular complexity index is 789. The van der Waals surface area contributed by atoms with Gasteiger partial charge in [0, 0.05) is 31.7 Å². The standard InChI is InChI=1S/C18H26N4O2/c1-6-8-14(16-19-9-10-21(16)5)20-17(23)15-12(3)11-13(4)22(7-2)18(15)24/h9-11,14H,6-8H2,1-5H3,(H,20,23)/t14-/m1/s1. The van der Waals surface area contributed by atoms with Crippen LogP contribution in [0.2, 0.25) is 0 Å². The fourth-order valence-electron chi connectivity index (χ4n) is 3.09. The summed E-state index contributed by atoms with van der Waals surface area (Å²) in [6.45, 7) is 8.19. The Balaban J connectivity index is 2.38. The minimum Gasteiger partial charge on any atom is -0.342 e. The highest BCUT2D eigenvalue weighted by atomic mass is 16.2. The van der Waals surface area contributed by atoms with Crippen molar-refractivity contribution < 1.29 is 4.79 Å². The molecule has 0 bridgehead atoms. The molecule has 2 aromatic heterocycles. The van der Waals surface area contributed by atoms with Gasteiger partial charge in [-0.1, -0.05) is 13.3 Å². The molecule has 1 atom stereocenters. The number of imidazole rings is 1. The number of nitrogens with one attached hydrogen (secondary N) is 1. The van der Waals surface area contributed by atoms with Crippen LogP contribution in [0.3, 0.4) is 0 Å². The molecule has 0 unspecified atom stereocenters. The van der Waals surface area contributed by atoms with Gasteiger partial charge in [-0.3, -0.25) is 9.59 Å². The van der Waals surface area contributed by atoms with Gasteiger partial charge in [-0.05, 0) is 38.8 Å². The lowest BCUT2D eigenvalue weighted by Crippen LogP contribution is -2.37. The van der Waals surface area contributed by atoms with Crippen LogP contribution in [0, 0.1) is 13.8 Å². The van der Waals surface area contributed by atoms with Gasteiger partial charge < -0.3 is 14.5 Å². The van der Waals surface area contributed by atoms with E-state index in [0.29, 0.717) is 12.1 Å². The number of aryl methyl sites for hydroxylation is 3. The molecule has 2 aromatic rings. The third-order valence-corrected chi connectivity index (χ3v) is 4.30. The Hall–Kier alpha value is -2.37. The van der Waals surface area contributed by atoms with Crippen molar-refractivity contribution in [3.05, 3.63) is 51.5 Å². The Morgan fingerprint density at radius 3 is 2.58 bits per heavy atom. The first-order valence-corrected chi connectivity index (χ1v) is 8.39. The summed E-state index contributed by atoms with van der Waals surface area (Å²) >= 11 is 0. The van der Waals surface area contributed by atoms with Crippen LogP contribution >= 0.6 is 0 Å². The lowest BCUT2D eigenvalue weighted by molar-refractivity contribution is 0.0929. The molecular weight excluding hydrogens is 304 g/mol. The van der Waals surface area contributed by atoms with Crippen molar-refractivity contribution in [3.8, 4) is 0 Å². The number of pyridine rings is 1. The number of carbonyl (C=O) groups is 1. The zero-order chi connectivity index (χ0) is 17.9. The molecule has 0 spiro atoms. The van der Waals surface area contributed by atoms with Crippen molar-refractivity contribution in [1.29, 1.82) is 0 Å². The highest BCUT2D eigenvalue weighted by molar-refractivity contribution is 5.95. The fourth-order valence-corrected chi connectivity index (χ4v) is 3.09. The lowest BCUT2D eigenvalue weighted by atomic mass is 10.1. The second-order valence-electron chi connectivity index (χ2n) is 6.10. The summed E-state index contributed by atoms with van der Waals surface area (Å²) in [6, 6.07) is 1.67. The maximum atomic E-state index is 12.8. The molecule has 130 valence electrons. The molecule has 0 fully saturated rings. The van der Waals surface area contributed by atoms with Crippen LogP contribution in [0.1, 0.15) is 60.2 Å². The summed E-state index contributed by atoms with van der Waals surface area (Å²) in [4.78, 5) is 29.8. The molecule has 0 aliphatic rings. The Kier molecular flexibility index (Phi) is 5.59. The molecule has 0 saturated carbocycles. The predicted octanol–water partition coefficient (Wildman–Crippen LogP) is 2.49. The number of nitrogens with zero attached hydrogens (tertiary/aromatic N) is 3. The molecule has 0 aromatic carbocycles. The van der Waals surface area contributed by atoms with Crippen LogP contribution in [0.4, 0.5) is 0 Å². The topological polar surface area (TPSA) is 68.9 Å². The second kappa shape index (κ2) is 7.47. The van der Waals surface area contributed by atoms with Crippen molar-refractivity contribution in [1.82, 2.24) is 19.4 Å². The number of aromatic nitrogens is 3. The van der Waals surface area contributed by atoms with E-state index in [-0.39, 0.29) is 23.1 Å². The summed E-state index contributed by atoms with van der Waals surface area (Å²) in [5.41, 5.74) is 1.56. The molecule has 1 amide bonds. The summed E-state index contributed by atoms with van der Waals surface area (Å²) in [6.07, 6.45) is 5.24. The maximum absolute atomic E-state index is 12.8. The number of hydrogen-bond donors (Lipinski definition) is 1. The van der Waals surface area contributed by atoms with Crippen LogP contribution < -0.4 is 10.9 Å². The van der Waals surface area contributed by atoms with E-state index in [2.05, 4.69) is 17.2 Å². The van der Waals surface area contributed by atoms with E-state index < -0.39 is 0 Å². The number of rotatable bonds is 6. The van der Waals surface area contributed by atoms with E-state index in [1.807, 2.05) is 37.7 Å². The summed E-state index contributed by atoms with van der Waals surface area (Å²) < 4.78 is 3.52. The first-order valence-electron chi connectivity index (χ1n) is 8.39. The molecule has 0 aliphatic heterocycles. The van der Waals surface area contributed by atoms with Gasteiger partial charge in [0.2, 0.25) is 0 Å². The molecule has 24 heavy (non-hydrogen) atoms. The Labute approximate surface area is 142 Å². The summed E-state index contributed by atoms with van der Waals surface area (Å²) in [5, 5.41) is 2.99. The van der Waals surface area contributed by atoms with Gasteiger partial charge >= 0.3 is 0 Å². The summed E-state index contributed by atoms with van der Waals surface area (Å²) in [5.74, 6) is 0.465. The zero-order valence-corrected chi connectivity index (χ0v) is 15.1. The minimum atomic E-state index is -0.332. The SMILES string of the molecule is CCC[C@@H](NC(=O)c1c(C)cc(C)n(CC)c1=O)c1nccn1C. The van der Waals surface area contributed by atoms with Crippen LogP contribution in [0.5, 0.6) is 0 Å². The normalized spacial score (nSPS) is 12.2. The van der Waals surface area contributed by atoms with Crippen LogP contribution in [0.15, 0.2) is 23.3 Å². The zero-order valence-electron chi connectivity index (χ0n) is 15.1. The second-order valence-corrected chi connectivity index (χ2v) is 6.10. The van der Waals surface area contributed by atoms with Gasteiger partial charge in [0.05, 0.1) is 6.04 Å². The number of carbonyl (C=O) groups excluding carboxylic acids is 1. The summed E-state index contributed by atoms with van der Waals surface area (Å²) in [7, 11) is 1.90. The van der Waals surface area contributed by atoms with Crippen molar-refractivity contribution >= 4 is 5.91 Å². The van der Waals surface area contributed by atoms with Crippen molar-refractivity contribution in [3.63, 3.8) is 0 Å². The van der Waals surface area contributed by atoms with Crippen molar-refractivity contribution in [2.24, 2.45) is 7.05 Å². The van der Waals surface area contributed by atoms with E-state index >= 15 is 0 Å². The molecule has 0 radical (unpaired) electrons. The number of hydrogen-bond acceptors (Lipinski definition) is 3. The van der Waals surface area contributed by atoms with Gasteiger partial charge in [0.25, 0.3) is 11.5 Å². The highest BCUT2D eigenvalue weighted by Crippen LogP contribution is 2.17. The third-order valence-electron chi connectivity index (χ3n) is 4.30. The number of amides is 1. The first-order chi connectivity index (χ1) is 11.4. The Morgan fingerprint density at radius 2 is 2.04 bits per heavy atom. The average Bonchev–Trinajstić information content (AvgIpc) is 2.92. The molecule has 0 saturated heterocycles. The lowest BCUT2D eigenvalue weighted by Gasteiger charge is -2.19. The van der Waals surface area contributed by atoms with E-state index in [4.69, 9.17) is 0 Å². The predicted molar refractivity (Wildman–Crippen MR) is 94.2 cm³/mol. The highest BCUT2D eigenvalue weighted by Gasteiger charge is 2.22. The van der Waals surface area contributed by atoms with E-state index in [1.165, 1.54) is 0 Å². The molecule has 6 heteroatoms. The molecule has 1 N–H and O–H groups in total. The van der Waals surface area contributed by atoms with Crippen LogP contribution in [-0.2, 0) is 13.6 Å². The Morgan fingerprint density at radius 1 is 1.33 bits per heavy atom. The molecular formula is C18H26N4O2. The molecule has 2 rings (SSSR count). The van der Waals surface area contributed by atoms with E-state index in [0.717, 1.165) is 24.4 Å². The van der Waals surface area contributed by atoms with E-state index in [9.17, 15) is 9.59 Å². The van der Waals surface area contributed by atoms with Gasteiger partial charge in [-0.2, -0.15) is 0 Å². The molecule has 0 aliphatic carbocycles. The third kappa shape index (κ3) is 3.42. The van der Waals surface area contributed by atoms with Crippen molar-refractivity contribution in [2.45, 2.75) is 53.1 Å². The minimum absolute atomic E-state index is 0.210. The van der Waals surface area contributed by atoms with Gasteiger partial charge in [-0.25, -0.2) is 4.98 Å². The van der Waals surface area contributed by atoms with Crippen LogP contribution in [-0.4, -0.2) is 20.0 Å². The monoisotopic (exact) mass is 330 g/mol.